The smallest absolute Gasteiger partial charge is 0.126 e. The van der Waals surface area contributed by atoms with Crippen LogP contribution in [-0.2, 0) is 0 Å². The van der Waals surface area contributed by atoms with Gasteiger partial charge in [-0.25, -0.2) is 4.98 Å². The van der Waals surface area contributed by atoms with Crippen LogP contribution in [0.1, 0.15) is 24.1 Å². The van der Waals surface area contributed by atoms with Crippen molar-refractivity contribution in [1.29, 1.82) is 0 Å². The molecular formula is C14H16BrN3. The van der Waals surface area contributed by atoms with E-state index in [4.69, 9.17) is 5.73 Å². The van der Waals surface area contributed by atoms with E-state index < -0.39 is 0 Å². The molecule has 0 aliphatic rings. The number of hydrogen-bond donors (Lipinski definition) is 2. The summed E-state index contributed by atoms with van der Waals surface area (Å²) in [6.07, 6.45) is 1.69. The molecule has 1 unspecified atom stereocenters. The number of anilines is 2. The number of nitrogens with zero attached hydrogens (tertiary/aromatic N) is 1. The molecule has 1 heterocycles. The number of aromatic nitrogens is 1. The Morgan fingerprint density at radius 2 is 1.94 bits per heavy atom. The molecule has 0 aliphatic carbocycles. The minimum absolute atomic E-state index is 0.202. The number of nitrogen functional groups attached to an aromatic ring is 1. The average molecular weight is 306 g/mol. The first-order valence-electron chi connectivity index (χ1n) is 5.80. The van der Waals surface area contributed by atoms with E-state index in [1.807, 2.05) is 25.1 Å². The van der Waals surface area contributed by atoms with Crippen molar-refractivity contribution in [3.63, 3.8) is 0 Å². The fourth-order valence-corrected chi connectivity index (χ4v) is 1.97. The van der Waals surface area contributed by atoms with Gasteiger partial charge in [0.1, 0.15) is 5.82 Å². The van der Waals surface area contributed by atoms with Crippen molar-refractivity contribution in [2.24, 2.45) is 0 Å². The van der Waals surface area contributed by atoms with Crippen LogP contribution in [0.3, 0.4) is 0 Å². The van der Waals surface area contributed by atoms with Gasteiger partial charge in [-0.1, -0.05) is 28.1 Å². The highest BCUT2D eigenvalue weighted by Gasteiger charge is 2.06. The van der Waals surface area contributed by atoms with Crippen molar-refractivity contribution >= 4 is 27.4 Å². The van der Waals surface area contributed by atoms with Crippen LogP contribution in [0.2, 0.25) is 0 Å². The molecule has 0 radical (unpaired) electrons. The van der Waals surface area contributed by atoms with E-state index in [2.05, 4.69) is 45.3 Å². The van der Waals surface area contributed by atoms with Gasteiger partial charge in [0, 0.05) is 10.5 Å². The molecule has 3 N–H and O–H groups in total. The van der Waals surface area contributed by atoms with Crippen molar-refractivity contribution in [3.8, 4) is 0 Å². The maximum Gasteiger partial charge on any atom is 0.126 e. The maximum absolute atomic E-state index is 5.75. The number of aryl methyl sites for hydroxylation is 1. The average Bonchev–Trinajstić information content (AvgIpc) is 2.34. The summed E-state index contributed by atoms with van der Waals surface area (Å²) >= 11 is 3.43. The zero-order valence-electron chi connectivity index (χ0n) is 10.4. The molecule has 2 rings (SSSR count). The molecule has 0 bridgehead atoms. The predicted molar refractivity (Wildman–Crippen MR) is 79.6 cm³/mol. The Labute approximate surface area is 116 Å². The maximum atomic E-state index is 5.75. The highest BCUT2D eigenvalue weighted by Crippen LogP contribution is 2.21. The number of benzene rings is 1. The molecule has 18 heavy (non-hydrogen) atoms. The van der Waals surface area contributed by atoms with Crippen molar-refractivity contribution in [2.75, 3.05) is 11.1 Å². The number of halogens is 1. The fourth-order valence-electron chi connectivity index (χ4n) is 1.70. The van der Waals surface area contributed by atoms with E-state index in [0.29, 0.717) is 0 Å². The van der Waals surface area contributed by atoms with Crippen LogP contribution in [0.25, 0.3) is 0 Å². The van der Waals surface area contributed by atoms with E-state index in [1.54, 1.807) is 6.20 Å². The summed E-state index contributed by atoms with van der Waals surface area (Å²) in [7, 11) is 0. The Balaban J connectivity index is 2.13. The third-order valence-corrected chi connectivity index (χ3v) is 3.41. The van der Waals surface area contributed by atoms with Crippen LogP contribution >= 0.6 is 15.9 Å². The first-order chi connectivity index (χ1) is 8.56. The van der Waals surface area contributed by atoms with E-state index in [0.717, 1.165) is 21.5 Å². The van der Waals surface area contributed by atoms with Crippen LogP contribution < -0.4 is 11.1 Å². The molecule has 0 saturated carbocycles. The van der Waals surface area contributed by atoms with E-state index in [-0.39, 0.29) is 6.04 Å². The van der Waals surface area contributed by atoms with Crippen LogP contribution in [0, 0.1) is 6.92 Å². The van der Waals surface area contributed by atoms with Gasteiger partial charge < -0.3 is 11.1 Å². The number of hydrogen-bond acceptors (Lipinski definition) is 3. The Morgan fingerprint density at radius 1 is 1.28 bits per heavy atom. The standard InChI is InChI=1S/C14H16BrN3/c1-9-7-14(17-8-13(9)16)18-10(2)11-3-5-12(15)6-4-11/h3-8,10H,16H2,1-2H3,(H,17,18). The summed E-state index contributed by atoms with van der Waals surface area (Å²) in [6.45, 7) is 4.09. The number of nitrogens with two attached hydrogens (primary N) is 1. The lowest BCUT2D eigenvalue weighted by atomic mass is 10.1. The van der Waals surface area contributed by atoms with Gasteiger partial charge >= 0.3 is 0 Å². The number of rotatable bonds is 3. The van der Waals surface area contributed by atoms with Crippen LogP contribution in [0.15, 0.2) is 41.0 Å². The van der Waals surface area contributed by atoms with Gasteiger partial charge in [-0.2, -0.15) is 0 Å². The minimum atomic E-state index is 0.202. The monoisotopic (exact) mass is 305 g/mol. The Hall–Kier alpha value is -1.55. The largest absolute Gasteiger partial charge is 0.397 e. The molecule has 0 spiro atoms. The lowest BCUT2D eigenvalue weighted by Crippen LogP contribution is -2.08. The van der Waals surface area contributed by atoms with E-state index >= 15 is 0 Å². The zero-order valence-corrected chi connectivity index (χ0v) is 12.0. The molecule has 1 atom stereocenters. The van der Waals surface area contributed by atoms with Crippen molar-refractivity contribution in [1.82, 2.24) is 4.98 Å². The van der Waals surface area contributed by atoms with Crippen LogP contribution in [0.5, 0.6) is 0 Å². The van der Waals surface area contributed by atoms with Gasteiger partial charge in [0.05, 0.1) is 11.9 Å². The van der Waals surface area contributed by atoms with Gasteiger partial charge in [-0.3, -0.25) is 0 Å². The SMILES string of the molecule is Cc1cc(NC(C)c2ccc(Br)cc2)ncc1N. The summed E-state index contributed by atoms with van der Waals surface area (Å²) in [5.74, 6) is 0.845. The third-order valence-electron chi connectivity index (χ3n) is 2.89. The quantitative estimate of drug-likeness (QED) is 0.904. The topological polar surface area (TPSA) is 50.9 Å². The summed E-state index contributed by atoms with van der Waals surface area (Å²) in [4.78, 5) is 4.28. The Kier molecular flexibility index (Phi) is 3.87. The summed E-state index contributed by atoms with van der Waals surface area (Å²) in [6, 6.07) is 10.4. The van der Waals surface area contributed by atoms with Gasteiger partial charge in [0.15, 0.2) is 0 Å². The van der Waals surface area contributed by atoms with Crippen LogP contribution in [-0.4, -0.2) is 4.98 Å². The molecular weight excluding hydrogens is 290 g/mol. The summed E-state index contributed by atoms with van der Waals surface area (Å²) in [5, 5.41) is 3.36. The van der Waals surface area contributed by atoms with Gasteiger partial charge in [-0.05, 0) is 43.2 Å². The van der Waals surface area contributed by atoms with Gasteiger partial charge in [0.2, 0.25) is 0 Å². The van der Waals surface area contributed by atoms with E-state index in [1.165, 1.54) is 5.56 Å². The third kappa shape index (κ3) is 3.01. The Bertz CT molecular complexity index is 537. The lowest BCUT2D eigenvalue weighted by Gasteiger charge is -2.15. The van der Waals surface area contributed by atoms with E-state index in [9.17, 15) is 0 Å². The second kappa shape index (κ2) is 5.40. The predicted octanol–water partition coefficient (Wildman–Crippen LogP) is 3.91. The second-order valence-electron chi connectivity index (χ2n) is 4.34. The molecule has 0 fully saturated rings. The molecule has 2 aromatic rings. The summed E-state index contributed by atoms with van der Waals surface area (Å²) in [5.41, 5.74) is 8.73. The Morgan fingerprint density at radius 3 is 2.56 bits per heavy atom. The first kappa shape index (κ1) is 12.9. The molecule has 4 heteroatoms. The zero-order chi connectivity index (χ0) is 13.1. The normalized spacial score (nSPS) is 12.2. The fraction of sp³-hybridized carbons (Fsp3) is 0.214. The van der Waals surface area contributed by atoms with Gasteiger partial charge in [-0.15, -0.1) is 0 Å². The molecule has 1 aromatic heterocycles. The highest BCUT2D eigenvalue weighted by atomic mass is 79.9. The van der Waals surface area contributed by atoms with Gasteiger partial charge in [0.25, 0.3) is 0 Å². The minimum Gasteiger partial charge on any atom is -0.397 e. The second-order valence-corrected chi connectivity index (χ2v) is 5.26. The van der Waals surface area contributed by atoms with Crippen molar-refractivity contribution in [3.05, 3.63) is 52.1 Å². The number of pyridine rings is 1. The molecule has 0 amide bonds. The number of nitrogens with one attached hydrogen (secondary N) is 1. The van der Waals surface area contributed by atoms with Crippen LogP contribution in [0.4, 0.5) is 11.5 Å². The molecule has 0 saturated heterocycles. The molecule has 3 nitrogen and oxygen atoms in total. The lowest BCUT2D eigenvalue weighted by molar-refractivity contribution is 0.874. The highest BCUT2D eigenvalue weighted by molar-refractivity contribution is 9.10. The molecule has 1 aromatic carbocycles. The molecule has 0 aliphatic heterocycles. The molecule has 94 valence electrons. The van der Waals surface area contributed by atoms with Crippen molar-refractivity contribution < 1.29 is 0 Å². The van der Waals surface area contributed by atoms with Crippen molar-refractivity contribution in [2.45, 2.75) is 19.9 Å². The summed E-state index contributed by atoms with van der Waals surface area (Å²) < 4.78 is 1.08. The first-order valence-corrected chi connectivity index (χ1v) is 6.59.